The van der Waals surface area contributed by atoms with E-state index in [0.29, 0.717) is 31.7 Å². The van der Waals surface area contributed by atoms with Crippen molar-refractivity contribution in [2.24, 2.45) is 0 Å². The van der Waals surface area contributed by atoms with Crippen LogP contribution in [0.3, 0.4) is 0 Å². The van der Waals surface area contributed by atoms with Gasteiger partial charge in [-0.1, -0.05) is 6.07 Å². The third-order valence-corrected chi connectivity index (χ3v) is 7.40. The van der Waals surface area contributed by atoms with Crippen LogP contribution in [0.2, 0.25) is 0 Å². The first-order chi connectivity index (χ1) is 15.9. The van der Waals surface area contributed by atoms with E-state index in [-0.39, 0.29) is 29.5 Å². The van der Waals surface area contributed by atoms with Gasteiger partial charge in [-0.3, -0.25) is 25.2 Å². The fourth-order valence-electron chi connectivity index (χ4n) is 3.71. The number of hydrogen-bond donors (Lipinski definition) is 2. The number of sulfonamides is 1. The molecule has 2 aromatic rings. The second-order valence-corrected chi connectivity index (χ2v) is 9.59. The molecule has 2 aliphatic heterocycles. The molecule has 2 heterocycles. The Kier molecular flexibility index (Phi) is 6.72. The van der Waals surface area contributed by atoms with Crippen molar-refractivity contribution in [3.63, 3.8) is 0 Å². The molecule has 2 aliphatic rings. The van der Waals surface area contributed by atoms with Gasteiger partial charge in [-0.05, 0) is 48.9 Å². The summed E-state index contributed by atoms with van der Waals surface area (Å²) in [6, 6.07) is 12.1. The number of benzene rings is 2. The molecular formula is C22H24N4O6S. The van der Waals surface area contributed by atoms with Gasteiger partial charge < -0.3 is 9.64 Å². The average molecular weight is 473 g/mol. The summed E-state index contributed by atoms with van der Waals surface area (Å²) >= 11 is 0. The predicted octanol–water partition coefficient (Wildman–Crippen LogP) is 0.909. The highest BCUT2D eigenvalue weighted by molar-refractivity contribution is 7.89. The number of hydrogen-bond acceptors (Lipinski definition) is 6. The maximum atomic E-state index is 12.8. The Morgan fingerprint density at radius 2 is 1.55 bits per heavy atom. The van der Waals surface area contributed by atoms with Gasteiger partial charge in [-0.15, -0.1) is 0 Å². The summed E-state index contributed by atoms with van der Waals surface area (Å²) < 4.78 is 32.1. The zero-order valence-electron chi connectivity index (χ0n) is 17.8. The molecule has 3 amide bonds. The number of rotatable bonds is 5. The van der Waals surface area contributed by atoms with Crippen LogP contribution in [0.15, 0.2) is 53.4 Å². The molecule has 2 saturated heterocycles. The van der Waals surface area contributed by atoms with E-state index in [4.69, 9.17) is 4.74 Å². The summed E-state index contributed by atoms with van der Waals surface area (Å²) in [5.74, 6) is -1.14. The molecular weight excluding hydrogens is 448 g/mol. The summed E-state index contributed by atoms with van der Waals surface area (Å²) in [6.45, 7) is 1.79. The van der Waals surface area contributed by atoms with E-state index in [1.165, 1.54) is 28.6 Å². The van der Waals surface area contributed by atoms with E-state index < -0.39 is 21.8 Å². The Balaban J connectivity index is 1.38. The van der Waals surface area contributed by atoms with Crippen molar-refractivity contribution in [2.75, 3.05) is 37.7 Å². The van der Waals surface area contributed by atoms with Crippen molar-refractivity contribution in [1.82, 2.24) is 15.2 Å². The van der Waals surface area contributed by atoms with Gasteiger partial charge in [0.2, 0.25) is 15.9 Å². The minimum Gasteiger partial charge on any atom is -0.379 e. The Morgan fingerprint density at radius 3 is 2.18 bits per heavy atom. The van der Waals surface area contributed by atoms with Crippen LogP contribution in [-0.2, 0) is 19.6 Å². The molecule has 10 nitrogen and oxygen atoms in total. The highest BCUT2D eigenvalue weighted by atomic mass is 32.2. The number of morpholine rings is 1. The highest BCUT2D eigenvalue weighted by Gasteiger charge is 2.27. The zero-order chi connectivity index (χ0) is 23.4. The Bertz CT molecular complexity index is 1160. The van der Waals surface area contributed by atoms with Gasteiger partial charge in [-0.2, -0.15) is 4.31 Å². The van der Waals surface area contributed by atoms with Crippen LogP contribution < -0.4 is 15.8 Å². The number of carbonyl (C=O) groups is 3. The summed E-state index contributed by atoms with van der Waals surface area (Å²) in [5, 5.41) is 0. The van der Waals surface area contributed by atoms with Gasteiger partial charge in [-0.25, -0.2) is 8.42 Å². The van der Waals surface area contributed by atoms with Crippen LogP contribution >= 0.6 is 0 Å². The number of nitrogens with one attached hydrogen (secondary N) is 2. The van der Waals surface area contributed by atoms with Crippen molar-refractivity contribution in [3.05, 3.63) is 59.7 Å². The van der Waals surface area contributed by atoms with Gasteiger partial charge in [0.15, 0.2) is 0 Å². The normalized spacial score (nSPS) is 17.1. The van der Waals surface area contributed by atoms with E-state index in [1.54, 1.807) is 29.2 Å². The maximum absolute atomic E-state index is 12.8. The monoisotopic (exact) mass is 472 g/mol. The van der Waals surface area contributed by atoms with E-state index in [0.717, 1.165) is 12.1 Å². The molecule has 0 radical (unpaired) electrons. The maximum Gasteiger partial charge on any atom is 0.269 e. The minimum absolute atomic E-state index is 0.00424. The van der Waals surface area contributed by atoms with E-state index >= 15 is 0 Å². The molecule has 2 N–H and O–H groups in total. The van der Waals surface area contributed by atoms with Gasteiger partial charge in [0, 0.05) is 42.9 Å². The highest BCUT2D eigenvalue weighted by Crippen LogP contribution is 2.22. The van der Waals surface area contributed by atoms with Crippen molar-refractivity contribution in [3.8, 4) is 0 Å². The Labute approximate surface area is 191 Å². The second kappa shape index (κ2) is 9.69. The fourth-order valence-corrected chi connectivity index (χ4v) is 5.16. The standard InChI is InChI=1S/C22H24N4O6S/c27-20-5-2-10-26(20)18-8-6-16(7-9-18)21(28)23-24-22(29)17-3-1-4-19(15-17)33(30,31)25-11-13-32-14-12-25/h1,3-4,6-9,15H,2,5,10-14H2,(H,23,28)(H,24,29). The molecule has 2 aromatic carbocycles. The lowest BCUT2D eigenvalue weighted by Crippen LogP contribution is -2.42. The molecule has 0 spiro atoms. The zero-order valence-corrected chi connectivity index (χ0v) is 18.6. The van der Waals surface area contributed by atoms with E-state index in [9.17, 15) is 22.8 Å². The lowest BCUT2D eigenvalue weighted by molar-refractivity contribution is -0.117. The first-order valence-electron chi connectivity index (χ1n) is 10.6. The van der Waals surface area contributed by atoms with Crippen LogP contribution in [0.4, 0.5) is 5.69 Å². The number of carbonyl (C=O) groups excluding carboxylic acids is 3. The first kappa shape index (κ1) is 22.9. The van der Waals surface area contributed by atoms with Gasteiger partial charge in [0.1, 0.15) is 0 Å². The summed E-state index contributed by atoms with van der Waals surface area (Å²) in [6.07, 6.45) is 1.32. The molecule has 4 rings (SSSR count). The van der Waals surface area contributed by atoms with Crippen LogP contribution in [-0.4, -0.2) is 63.3 Å². The molecule has 0 unspecified atom stereocenters. The van der Waals surface area contributed by atoms with Crippen molar-refractivity contribution in [1.29, 1.82) is 0 Å². The SMILES string of the molecule is O=C(NNC(=O)c1cccc(S(=O)(=O)N2CCOCC2)c1)c1ccc(N2CCCC2=O)cc1. The van der Waals surface area contributed by atoms with Crippen LogP contribution in [0.25, 0.3) is 0 Å². The Hall–Kier alpha value is -3.28. The van der Waals surface area contributed by atoms with Crippen LogP contribution in [0.1, 0.15) is 33.6 Å². The predicted molar refractivity (Wildman–Crippen MR) is 119 cm³/mol. The number of hydrazine groups is 1. The first-order valence-corrected chi connectivity index (χ1v) is 12.0. The van der Waals surface area contributed by atoms with E-state index in [2.05, 4.69) is 10.9 Å². The minimum atomic E-state index is -3.75. The number of anilines is 1. The quantitative estimate of drug-likeness (QED) is 0.623. The van der Waals surface area contributed by atoms with Gasteiger partial charge in [0.05, 0.1) is 18.1 Å². The lowest BCUT2D eigenvalue weighted by atomic mass is 10.2. The summed E-state index contributed by atoms with van der Waals surface area (Å²) in [5.41, 5.74) is 5.73. The molecule has 2 fully saturated rings. The van der Waals surface area contributed by atoms with Crippen molar-refractivity contribution < 1.29 is 27.5 Å². The van der Waals surface area contributed by atoms with Crippen LogP contribution in [0, 0.1) is 0 Å². The van der Waals surface area contributed by atoms with Gasteiger partial charge in [0.25, 0.3) is 11.8 Å². The van der Waals surface area contributed by atoms with Gasteiger partial charge >= 0.3 is 0 Å². The molecule has 0 aliphatic carbocycles. The molecule has 0 saturated carbocycles. The lowest BCUT2D eigenvalue weighted by Gasteiger charge is -2.26. The van der Waals surface area contributed by atoms with E-state index in [1.807, 2.05) is 0 Å². The summed E-state index contributed by atoms with van der Waals surface area (Å²) in [4.78, 5) is 38.4. The third kappa shape index (κ3) is 5.05. The number of amides is 3. The number of ether oxygens (including phenoxy) is 1. The largest absolute Gasteiger partial charge is 0.379 e. The molecule has 0 aromatic heterocycles. The molecule has 11 heteroatoms. The average Bonchev–Trinajstić information content (AvgIpc) is 3.28. The Morgan fingerprint density at radius 1 is 0.879 bits per heavy atom. The molecule has 33 heavy (non-hydrogen) atoms. The van der Waals surface area contributed by atoms with Crippen molar-refractivity contribution >= 4 is 33.4 Å². The molecule has 0 bridgehead atoms. The van der Waals surface area contributed by atoms with Crippen LogP contribution in [0.5, 0.6) is 0 Å². The second-order valence-electron chi connectivity index (χ2n) is 7.65. The molecule has 174 valence electrons. The van der Waals surface area contributed by atoms with Crippen molar-refractivity contribution in [2.45, 2.75) is 17.7 Å². The topological polar surface area (TPSA) is 125 Å². The smallest absolute Gasteiger partial charge is 0.269 e. The summed E-state index contributed by atoms with van der Waals surface area (Å²) in [7, 11) is -3.75. The fraction of sp³-hybridized carbons (Fsp3) is 0.318. The number of nitrogens with zero attached hydrogens (tertiary/aromatic N) is 2. The molecule has 0 atom stereocenters. The third-order valence-electron chi connectivity index (χ3n) is 5.51.